The van der Waals surface area contributed by atoms with Gasteiger partial charge in [-0.05, 0) is 83.2 Å². The number of benzene rings is 2. The fraction of sp³-hybridized carbons (Fsp3) is 0.617. The molecule has 4 aliphatic rings. The van der Waals surface area contributed by atoms with Crippen molar-refractivity contribution < 1.29 is 128 Å². The third kappa shape index (κ3) is 19.2. The van der Waals surface area contributed by atoms with E-state index in [0.717, 1.165) is 30.8 Å². The SMILES string of the molecule is CC(C)(C)OC(=O)N1CCC2(C=C(OS(=O)(=O)C(F)(F)F)c3ccccc3O2)CC1.CC(C)COCC1=CC2(CCN(C(=O)OC(C)(C)C)CC2)Oc2ccccc21.CC(C)COC[B-](F)(F)F.[K+]. The first-order valence-electron chi connectivity index (χ1n) is 22.6. The topological polar surface area (TPSA) is 139 Å². The van der Waals surface area contributed by atoms with Crippen molar-refractivity contribution in [2.24, 2.45) is 11.8 Å². The molecular weight excluding hydrogens is 964 g/mol. The van der Waals surface area contributed by atoms with Crippen LogP contribution in [0.3, 0.4) is 0 Å². The third-order valence-electron chi connectivity index (χ3n) is 10.3. The third-order valence-corrected chi connectivity index (χ3v) is 11.3. The molecule has 4 heterocycles. The van der Waals surface area contributed by atoms with E-state index in [-0.39, 0.29) is 113 Å². The molecule has 2 aromatic carbocycles. The van der Waals surface area contributed by atoms with Crippen LogP contribution in [-0.2, 0) is 33.2 Å². The molecule has 69 heavy (non-hydrogen) atoms. The normalized spacial score (nSPS) is 17.5. The van der Waals surface area contributed by atoms with E-state index in [4.69, 9.17) is 23.7 Å². The minimum atomic E-state index is -5.85. The van der Waals surface area contributed by atoms with Gasteiger partial charge in [0.2, 0.25) is 0 Å². The summed E-state index contributed by atoms with van der Waals surface area (Å²) in [5, 5.41) is 0. The smallest absolute Gasteiger partial charge is 0.482 e. The number of piperidine rings is 2. The van der Waals surface area contributed by atoms with Crippen LogP contribution in [0.25, 0.3) is 11.3 Å². The van der Waals surface area contributed by atoms with Crippen LogP contribution in [0.4, 0.5) is 35.7 Å². The Labute approximate surface area is 445 Å². The van der Waals surface area contributed by atoms with Gasteiger partial charge < -0.3 is 55.4 Å². The zero-order chi connectivity index (χ0) is 50.9. The van der Waals surface area contributed by atoms with E-state index in [2.05, 4.69) is 34.9 Å². The van der Waals surface area contributed by atoms with Gasteiger partial charge in [-0.15, -0.1) is 0 Å². The second kappa shape index (κ2) is 24.6. The van der Waals surface area contributed by atoms with Crippen LogP contribution in [0.15, 0.2) is 60.7 Å². The number of likely N-dealkylation sites (tertiary alicyclic amines) is 2. The van der Waals surface area contributed by atoms with Crippen molar-refractivity contribution in [1.82, 2.24) is 9.80 Å². The summed E-state index contributed by atoms with van der Waals surface area (Å²) in [4.78, 5) is 27.9. The minimum Gasteiger partial charge on any atom is -0.482 e. The molecule has 0 radical (unpaired) electrons. The van der Waals surface area contributed by atoms with Gasteiger partial charge in [-0.25, -0.2) is 9.59 Å². The number of carbonyl (C=O) groups is 2. The van der Waals surface area contributed by atoms with Gasteiger partial charge in [0.25, 0.3) is 0 Å². The van der Waals surface area contributed by atoms with Crippen LogP contribution in [-0.4, -0.2) is 118 Å². The minimum absolute atomic E-state index is 0. The maximum Gasteiger partial charge on any atom is 1.00 e. The molecule has 0 bridgehead atoms. The van der Waals surface area contributed by atoms with Gasteiger partial charge in [-0.3, -0.25) is 0 Å². The molecule has 0 aliphatic carbocycles. The van der Waals surface area contributed by atoms with Crippen LogP contribution in [0.2, 0.25) is 0 Å². The maximum atomic E-state index is 12.8. The Hall–Kier alpha value is -2.99. The predicted octanol–water partition coefficient (Wildman–Crippen LogP) is 8.01. The zero-order valence-electron chi connectivity index (χ0n) is 41.6. The quantitative estimate of drug-likeness (QED) is 0.0990. The van der Waals surface area contributed by atoms with Gasteiger partial charge in [-0.1, -0.05) is 58.0 Å². The molecule has 0 aromatic heterocycles. The summed E-state index contributed by atoms with van der Waals surface area (Å²) < 4.78 is 134. The summed E-state index contributed by atoms with van der Waals surface area (Å²) in [6.45, 7) is 16.2. The Morgan fingerprint density at radius 1 is 0.681 bits per heavy atom. The molecule has 13 nitrogen and oxygen atoms in total. The van der Waals surface area contributed by atoms with Crippen LogP contribution in [0.1, 0.15) is 106 Å². The molecule has 6 rings (SSSR count). The van der Waals surface area contributed by atoms with Gasteiger partial charge in [0.15, 0.2) is 5.76 Å². The first kappa shape index (κ1) is 60.3. The van der Waals surface area contributed by atoms with Crippen LogP contribution >= 0.6 is 0 Å². The average Bonchev–Trinajstić information content (AvgIpc) is 3.19. The van der Waals surface area contributed by atoms with Gasteiger partial charge in [0.1, 0.15) is 33.9 Å². The number of nitrogens with zero attached hydrogens (tertiary/aromatic N) is 2. The molecule has 2 spiro atoms. The van der Waals surface area contributed by atoms with Crippen molar-refractivity contribution in [3.05, 3.63) is 71.8 Å². The van der Waals surface area contributed by atoms with Crippen LogP contribution < -0.4 is 60.9 Å². The van der Waals surface area contributed by atoms with E-state index in [9.17, 15) is 44.1 Å². The standard InChI is InChI=1S/C23H33NO4.C19H22F3NO6S.C5H11BF3O.K/c1-17(2)15-26-16-18-14-23(27-20-9-7-6-8-19(18)20)10-12-24(13-11-23)21(25)28-22(3,4)5;1-17(2,3)28-16(24)23-10-8-18(9-11-23)12-15(29-30(25,26)19(20,21)22)13-6-4-5-7-14(13)27-18;1-5(2)3-10-4-6(7,8)9;/h6-9,14,17H,10-13,15-16H2,1-5H3;4-7,12H,8-11H2,1-3H3;5H,3-4H2,1-2H3;/q;;-1;+1. The maximum absolute atomic E-state index is 12.8. The molecule has 2 aromatic rings. The summed E-state index contributed by atoms with van der Waals surface area (Å²) >= 11 is 0. The number of fused-ring (bicyclic) bond motifs is 2. The largest absolute Gasteiger partial charge is 1.00 e. The number of rotatable bonds is 10. The number of hydrogen-bond acceptors (Lipinski definition) is 11. The number of hydrogen-bond donors (Lipinski definition) is 0. The monoisotopic (exact) mass is 1030 g/mol. The number of alkyl halides is 3. The molecule has 2 saturated heterocycles. The summed E-state index contributed by atoms with van der Waals surface area (Å²) in [5.41, 5.74) is -5.82. The number of carbonyl (C=O) groups excluding carboxylic acids is 2. The molecule has 0 saturated carbocycles. The number of ether oxygens (including phenoxy) is 6. The van der Waals surface area contributed by atoms with Crippen molar-refractivity contribution >= 4 is 40.6 Å². The molecular formula is C47H66BF6KN2O11S. The molecule has 0 unspecified atom stereocenters. The second-order valence-electron chi connectivity index (χ2n) is 20.0. The summed E-state index contributed by atoms with van der Waals surface area (Å²) in [6.07, 6.45) is 4.66. The van der Waals surface area contributed by atoms with Crippen molar-refractivity contribution in [1.29, 1.82) is 0 Å². The predicted molar refractivity (Wildman–Crippen MR) is 246 cm³/mol. The van der Waals surface area contributed by atoms with Crippen LogP contribution in [0, 0.1) is 11.8 Å². The molecule has 0 atom stereocenters. The molecule has 2 amide bonds. The number of para-hydroxylation sites is 2. The Balaban J connectivity index is 0.000000303. The van der Waals surface area contributed by atoms with Crippen molar-refractivity contribution in [3.8, 4) is 11.5 Å². The first-order chi connectivity index (χ1) is 31.3. The average molecular weight is 1030 g/mol. The van der Waals surface area contributed by atoms with E-state index in [1.807, 2.05) is 52.8 Å². The molecule has 382 valence electrons. The Bertz CT molecular complexity index is 2190. The van der Waals surface area contributed by atoms with Crippen LogP contribution in [0.5, 0.6) is 11.5 Å². The van der Waals surface area contributed by atoms with E-state index < -0.39 is 57.8 Å². The molecule has 0 N–H and O–H groups in total. The second-order valence-corrected chi connectivity index (χ2v) is 21.5. The van der Waals surface area contributed by atoms with Crippen molar-refractivity contribution in [2.45, 2.75) is 123 Å². The van der Waals surface area contributed by atoms with E-state index in [1.165, 1.54) is 34.7 Å². The fourth-order valence-corrected chi connectivity index (χ4v) is 7.73. The Morgan fingerprint density at radius 2 is 1.09 bits per heavy atom. The van der Waals surface area contributed by atoms with Gasteiger partial charge in [0.05, 0.1) is 12.2 Å². The van der Waals surface area contributed by atoms with Gasteiger partial charge in [0, 0.05) is 83.2 Å². The molecule has 4 aliphatic heterocycles. The summed E-state index contributed by atoms with van der Waals surface area (Å²) in [6, 6.07) is 14.2. The van der Waals surface area contributed by atoms with Gasteiger partial charge >= 0.3 is 86.2 Å². The Morgan fingerprint density at radius 3 is 1.51 bits per heavy atom. The number of amides is 2. The molecule has 22 heteroatoms. The van der Waals surface area contributed by atoms with Gasteiger partial charge in [-0.2, -0.15) is 21.6 Å². The Kier molecular flexibility index (Phi) is 21.5. The first-order valence-corrected chi connectivity index (χ1v) is 24.1. The summed E-state index contributed by atoms with van der Waals surface area (Å²) in [5.74, 6) is 1.33. The van der Waals surface area contributed by atoms with Crippen molar-refractivity contribution in [2.75, 3.05) is 52.5 Å². The zero-order valence-corrected chi connectivity index (χ0v) is 45.5. The van der Waals surface area contributed by atoms with E-state index in [1.54, 1.807) is 31.7 Å². The fourth-order valence-electron chi connectivity index (χ4n) is 7.27. The summed E-state index contributed by atoms with van der Waals surface area (Å²) in [7, 11) is -5.85. The molecule has 2 fully saturated rings. The number of halogens is 6. The van der Waals surface area contributed by atoms with E-state index >= 15 is 0 Å². The van der Waals surface area contributed by atoms with E-state index in [0.29, 0.717) is 25.6 Å². The van der Waals surface area contributed by atoms with Crippen molar-refractivity contribution in [3.63, 3.8) is 0 Å².